The van der Waals surface area contributed by atoms with Gasteiger partial charge in [-0.2, -0.15) is 0 Å². The van der Waals surface area contributed by atoms with E-state index in [2.05, 4.69) is 0 Å². The maximum absolute atomic E-state index is 12.8. The predicted molar refractivity (Wildman–Crippen MR) is 87.0 cm³/mol. The molecule has 2 unspecified atom stereocenters. The van der Waals surface area contributed by atoms with E-state index in [1.807, 2.05) is 23.1 Å². The van der Waals surface area contributed by atoms with Crippen molar-refractivity contribution in [2.24, 2.45) is 0 Å². The molecule has 5 heteroatoms. The van der Waals surface area contributed by atoms with Crippen molar-refractivity contribution >= 4 is 5.91 Å². The number of benzene rings is 1. The molecule has 1 amide bonds. The quantitative estimate of drug-likeness (QED) is 0.855. The van der Waals surface area contributed by atoms with Crippen LogP contribution in [0.3, 0.4) is 0 Å². The molecule has 1 heterocycles. The number of nitrogens with zero attached hydrogens (tertiary/aromatic N) is 1. The molecule has 1 saturated heterocycles. The second kappa shape index (κ2) is 7.21. The number of fused-ring (bicyclic) bond motifs is 1. The molecule has 126 valence electrons. The van der Waals surface area contributed by atoms with Crippen LogP contribution in [-0.4, -0.2) is 50.3 Å². The van der Waals surface area contributed by atoms with Gasteiger partial charge in [0.1, 0.15) is 0 Å². The van der Waals surface area contributed by atoms with Gasteiger partial charge in [0, 0.05) is 6.54 Å². The third-order valence-electron chi connectivity index (χ3n) is 4.86. The van der Waals surface area contributed by atoms with Crippen molar-refractivity contribution in [2.75, 3.05) is 27.4 Å². The van der Waals surface area contributed by atoms with E-state index in [4.69, 9.17) is 14.2 Å². The third kappa shape index (κ3) is 3.44. The minimum Gasteiger partial charge on any atom is -0.493 e. The summed E-state index contributed by atoms with van der Waals surface area (Å²) in [6.45, 7) is 1.35. The second-order valence-corrected chi connectivity index (χ2v) is 6.21. The molecule has 1 aliphatic heterocycles. The summed E-state index contributed by atoms with van der Waals surface area (Å²) in [5.41, 5.74) is 0.950. The van der Waals surface area contributed by atoms with Crippen LogP contribution in [-0.2, 0) is 16.0 Å². The molecule has 1 aromatic rings. The Morgan fingerprint density at radius 2 is 2.00 bits per heavy atom. The highest BCUT2D eigenvalue weighted by Crippen LogP contribution is 2.30. The minimum atomic E-state index is 0.178. The average molecular weight is 319 g/mol. The van der Waals surface area contributed by atoms with E-state index in [0.717, 1.165) is 18.4 Å². The van der Waals surface area contributed by atoms with Gasteiger partial charge >= 0.3 is 0 Å². The first-order chi connectivity index (χ1) is 11.2. The van der Waals surface area contributed by atoms with Gasteiger partial charge in [-0.3, -0.25) is 4.79 Å². The van der Waals surface area contributed by atoms with Crippen LogP contribution in [0.5, 0.6) is 11.5 Å². The van der Waals surface area contributed by atoms with Crippen molar-refractivity contribution in [2.45, 2.75) is 44.2 Å². The summed E-state index contributed by atoms with van der Waals surface area (Å²) in [6, 6.07) is 5.92. The number of carbonyl (C=O) groups excluding carboxylic acids is 1. The first kappa shape index (κ1) is 16.1. The highest BCUT2D eigenvalue weighted by Gasteiger charge is 2.36. The van der Waals surface area contributed by atoms with Crippen LogP contribution in [0.15, 0.2) is 18.2 Å². The number of rotatable bonds is 4. The topological polar surface area (TPSA) is 48.0 Å². The molecule has 5 nitrogen and oxygen atoms in total. The Labute approximate surface area is 137 Å². The lowest BCUT2D eigenvalue weighted by Crippen LogP contribution is -2.55. The van der Waals surface area contributed by atoms with Gasteiger partial charge in [-0.15, -0.1) is 0 Å². The van der Waals surface area contributed by atoms with Crippen LogP contribution in [0.25, 0.3) is 0 Å². The normalized spacial score (nSPS) is 24.0. The number of carbonyl (C=O) groups is 1. The molecular formula is C18H25NO4. The highest BCUT2D eigenvalue weighted by molar-refractivity contribution is 5.79. The van der Waals surface area contributed by atoms with Crippen molar-refractivity contribution in [3.63, 3.8) is 0 Å². The first-order valence-corrected chi connectivity index (χ1v) is 8.35. The van der Waals surface area contributed by atoms with Crippen molar-refractivity contribution in [3.8, 4) is 11.5 Å². The van der Waals surface area contributed by atoms with E-state index >= 15 is 0 Å². The molecule has 1 aromatic carbocycles. The van der Waals surface area contributed by atoms with E-state index in [9.17, 15) is 4.79 Å². The lowest BCUT2D eigenvalue weighted by Gasteiger charge is -2.43. The van der Waals surface area contributed by atoms with Crippen LogP contribution >= 0.6 is 0 Å². The summed E-state index contributed by atoms with van der Waals surface area (Å²) in [5, 5.41) is 0. The highest BCUT2D eigenvalue weighted by atomic mass is 16.5. The molecule has 3 rings (SSSR count). The predicted octanol–water partition coefficient (Wildman–Crippen LogP) is 2.42. The minimum absolute atomic E-state index is 0.178. The number of methoxy groups -OCH3 is 2. The maximum atomic E-state index is 12.8. The van der Waals surface area contributed by atoms with Gasteiger partial charge in [0.2, 0.25) is 5.91 Å². The van der Waals surface area contributed by atoms with Crippen LogP contribution < -0.4 is 9.47 Å². The molecule has 0 aromatic heterocycles. The van der Waals surface area contributed by atoms with E-state index in [1.165, 1.54) is 12.8 Å². The fraction of sp³-hybridized carbons (Fsp3) is 0.611. The van der Waals surface area contributed by atoms with E-state index in [0.29, 0.717) is 31.1 Å². The second-order valence-electron chi connectivity index (χ2n) is 6.21. The van der Waals surface area contributed by atoms with Crippen LogP contribution in [0.2, 0.25) is 0 Å². The van der Waals surface area contributed by atoms with Crippen LogP contribution in [0.1, 0.15) is 31.2 Å². The lowest BCUT2D eigenvalue weighted by atomic mass is 9.90. The van der Waals surface area contributed by atoms with Crippen molar-refractivity contribution in [1.82, 2.24) is 4.90 Å². The number of hydrogen-bond donors (Lipinski definition) is 0. The molecule has 2 fully saturated rings. The number of ether oxygens (including phenoxy) is 3. The van der Waals surface area contributed by atoms with Crippen LogP contribution in [0.4, 0.5) is 0 Å². The van der Waals surface area contributed by atoms with Gasteiger partial charge in [0.15, 0.2) is 11.5 Å². The number of morpholine rings is 1. The molecule has 1 aliphatic carbocycles. The lowest BCUT2D eigenvalue weighted by molar-refractivity contribution is -0.148. The summed E-state index contributed by atoms with van der Waals surface area (Å²) in [7, 11) is 3.22. The van der Waals surface area contributed by atoms with Gasteiger partial charge in [-0.05, 0) is 30.5 Å². The van der Waals surface area contributed by atoms with Crippen molar-refractivity contribution in [3.05, 3.63) is 23.8 Å². The van der Waals surface area contributed by atoms with Crippen molar-refractivity contribution < 1.29 is 19.0 Å². The number of hydrogen-bond acceptors (Lipinski definition) is 4. The Hall–Kier alpha value is -1.75. The van der Waals surface area contributed by atoms with E-state index < -0.39 is 0 Å². The largest absolute Gasteiger partial charge is 0.493 e. The van der Waals surface area contributed by atoms with Gasteiger partial charge in [-0.1, -0.05) is 18.9 Å². The number of amides is 1. The zero-order chi connectivity index (χ0) is 16.2. The Balaban J connectivity index is 1.70. The summed E-state index contributed by atoms with van der Waals surface area (Å²) in [5.74, 6) is 1.52. The van der Waals surface area contributed by atoms with E-state index in [1.54, 1.807) is 14.2 Å². The fourth-order valence-corrected chi connectivity index (χ4v) is 3.67. The molecule has 2 atom stereocenters. The molecule has 0 spiro atoms. The summed E-state index contributed by atoms with van der Waals surface area (Å²) in [4.78, 5) is 14.8. The summed E-state index contributed by atoms with van der Waals surface area (Å²) < 4.78 is 16.4. The standard InChI is InChI=1S/C18H25NO4/c1-21-16-8-7-13(11-17(16)22-2)12-18(20)19-9-10-23-15-6-4-3-5-14(15)19/h7-8,11,14-15H,3-6,9-10,12H2,1-2H3. The van der Waals surface area contributed by atoms with Gasteiger partial charge in [-0.25, -0.2) is 0 Å². The molecule has 0 radical (unpaired) electrons. The first-order valence-electron chi connectivity index (χ1n) is 8.35. The Bertz CT molecular complexity index is 558. The zero-order valence-electron chi connectivity index (χ0n) is 13.9. The Kier molecular flexibility index (Phi) is 5.06. The monoisotopic (exact) mass is 319 g/mol. The Morgan fingerprint density at radius 3 is 2.78 bits per heavy atom. The fourth-order valence-electron chi connectivity index (χ4n) is 3.67. The molecule has 23 heavy (non-hydrogen) atoms. The van der Waals surface area contributed by atoms with Gasteiger partial charge < -0.3 is 19.1 Å². The Morgan fingerprint density at radius 1 is 1.22 bits per heavy atom. The molecule has 0 bridgehead atoms. The summed E-state index contributed by atoms with van der Waals surface area (Å²) in [6.07, 6.45) is 5.15. The zero-order valence-corrected chi connectivity index (χ0v) is 13.9. The SMILES string of the molecule is COc1ccc(CC(=O)N2CCOC3CCCCC32)cc1OC. The average Bonchev–Trinajstić information content (AvgIpc) is 2.61. The van der Waals surface area contributed by atoms with Gasteiger partial charge in [0.25, 0.3) is 0 Å². The third-order valence-corrected chi connectivity index (χ3v) is 4.86. The van der Waals surface area contributed by atoms with Crippen LogP contribution in [0, 0.1) is 0 Å². The smallest absolute Gasteiger partial charge is 0.227 e. The maximum Gasteiger partial charge on any atom is 0.227 e. The molecule has 2 aliphatic rings. The molecular weight excluding hydrogens is 294 g/mol. The summed E-state index contributed by atoms with van der Waals surface area (Å²) >= 11 is 0. The van der Waals surface area contributed by atoms with Gasteiger partial charge in [0.05, 0.1) is 39.4 Å². The molecule has 0 N–H and O–H groups in total. The molecule has 1 saturated carbocycles. The van der Waals surface area contributed by atoms with Crippen molar-refractivity contribution in [1.29, 1.82) is 0 Å². The van der Waals surface area contributed by atoms with E-state index in [-0.39, 0.29) is 18.1 Å².